The Labute approximate surface area is 186 Å². The molecule has 0 unspecified atom stereocenters. The standard InChI is InChI=1S/C23H17FN4O3S/c1-31-23(30)15-4-9-18-14(13-15)10-11-27(18)22(29)20-25-21(19-3-2-12-32-19)28(26-20)17-7-5-16(24)6-8-17/h2-9,12-13H,10-11H2,1H3. The number of amides is 1. The minimum absolute atomic E-state index is 0.0441. The Bertz CT molecular complexity index is 1320. The number of benzene rings is 2. The number of carbonyl (C=O) groups is 2. The summed E-state index contributed by atoms with van der Waals surface area (Å²) in [6.07, 6.45) is 0.613. The number of thiophene rings is 1. The maximum absolute atomic E-state index is 13.4. The Hall–Kier alpha value is -3.85. The number of rotatable bonds is 4. The Morgan fingerprint density at radius 2 is 1.94 bits per heavy atom. The van der Waals surface area contributed by atoms with E-state index in [4.69, 9.17) is 4.74 Å². The number of carbonyl (C=O) groups excluding carboxylic acids is 2. The van der Waals surface area contributed by atoms with Gasteiger partial charge in [0.25, 0.3) is 5.91 Å². The Balaban J connectivity index is 1.52. The van der Waals surface area contributed by atoms with Gasteiger partial charge in [-0.1, -0.05) is 6.07 Å². The first-order valence-electron chi connectivity index (χ1n) is 9.85. The highest BCUT2D eigenvalue weighted by Crippen LogP contribution is 2.31. The molecule has 7 nitrogen and oxygen atoms in total. The summed E-state index contributed by atoms with van der Waals surface area (Å²) in [5.74, 6) is -0.563. The lowest BCUT2D eigenvalue weighted by molar-refractivity contribution is 0.0600. The van der Waals surface area contributed by atoms with Gasteiger partial charge >= 0.3 is 5.97 Å². The number of fused-ring (bicyclic) bond motifs is 1. The zero-order valence-electron chi connectivity index (χ0n) is 17.0. The van der Waals surface area contributed by atoms with Gasteiger partial charge in [0.1, 0.15) is 5.82 Å². The average molecular weight is 448 g/mol. The van der Waals surface area contributed by atoms with Gasteiger partial charge < -0.3 is 9.64 Å². The van der Waals surface area contributed by atoms with Gasteiger partial charge in [-0.2, -0.15) is 0 Å². The highest BCUT2D eigenvalue weighted by Gasteiger charge is 2.30. The molecule has 32 heavy (non-hydrogen) atoms. The van der Waals surface area contributed by atoms with Crippen molar-refractivity contribution in [3.8, 4) is 16.4 Å². The molecule has 160 valence electrons. The molecule has 1 aliphatic heterocycles. The number of esters is 1. The second kappa shape index (κ2) is 8.01. The molecule has 0 saturated heterocycles. The lowest BCUT2D eigenvalue weighted by Crippen LogP contribution is -2.30. The van der Waals surface area contributed by atoms with Gasteiger partial charge in [0.05, 0.1) is 23.2 Å². The van der Waals surface area contributed by atoms with Crippen LogP contribution < -0.4 is 4.90 Å². The van der Waals surface area contributed by atoms with Crippen LogP contribution in [0, 0.1) is 5.82 Å². The summed E-state index contributed by atoms with van der Waals surface area (Å²) in [5.41, 5.74) is 2.65. The minimum Gasteiger partial charge on any atom is -0.465 e. The fourth-order valence-electron chi connectivity index (χ4n) is 3.71. The molecule has 0 saturated carbocycles. The molecule has 0 spiro atoms. The first-order valence-corrected chi connectivity index (χ1v) is 10.7. The number of ether oxygens (including phenoxy) is 1. The van der Waals surface area contributed by atoms with Crippen molar-refractivity contribution in [3.05, 3.63) is 82.7 Å². The van der Waals surface area contributed by atoms with Crippen LogP contribution in [0.1, 0.15) is 26.5 Å². The molecule has 1 amide bonds. The number of hydrogen-bond donors (Lipinski definition) is 0. The summed E-state index contributed by atoms with van der Waals surface area (Å²) in [4.78, 5) is 32.1. The number of anilines is 1. The Kier molecular flexibility index (Phi) is 5.02. The van der Waals surface area contributed by atoms with Crippen molar-refractivity contribution < 1.29 is 18.7 Å². The van der Waals surface area contributed by atoms with Crippen LogP contribution in [0.3, 0.4) is 0 Å². The maximum atomic E-state index is 13.4. The van der Waals surface area contributed by atoms with Gasteiger partial charge in [0, 0.05) is 12.2 Å². The molecule has 5 rings (SSSR count). The van der Waals surface area contributed by atoms with Gasteiger partial charge in [-0.25, -0.2) is 18.9 Å². The molecule has 0 bridgehead atoms. The lowest BCUT2D eigenvalue weighted by atomic mass is 10.1. The molecule has 0 radical (unpaired) electrons. The molecular weight excluding hydrogens is 431 g/mol. The molecule has 4 aromatic rings. The number of methoxy groups -OCH3 is 1. The van der Waals surface area contributed by atoms with Gasteiger partial charge in [0.15, 0.2) is 5.82 Å². The van der Waals surface area contributed by atoms with Crippen LogP contribution in [-0.4, -0.2) is 40.3 Å². The van der Waals surface area contributed by atoms with E-state index in [9.17, 15) is 14.0 Å². The zero-order valence-corrected chi connectivity index (χ0v) is 17.8. The van der Waals surface area contributed by atoms with Crippen molar-refractivity contribution in [2.75, 3.05) is 18.6 Å². The summed E-state index contributed by atoms with van der Waals surface area (Å²) >= 11 is 1.47. The SMILES string of the molecule is COC(=O)c1ccc2c(c1)CCN2C(=O)c1nc(-c2cccs2)n(-c2ccc(F)cc2)n1. The van der Waals surface area contributed by atoms with E-state index in [1.807, 2.05) is 17.5 Å². The maximum Gasteiger partial charge on any atom is 0.337 e. The zero-order chi connectivity index (χ0) is 22.2. The molecule has 0 aliphatic carbocycles. The summed E-state index contributed by atoms with van der Waals surface area (Å²) in [5, 5.41) is 6.38. The molecule has 2 aromatic heterocycles. The van der Waals surface area contributed by atoms with Crippen LogP contribution in [-0.2, 0) is 11.2 Å². The molecule has 0 N–H and O–H groups in total. The predicted octanol–water partition coefficient (Wildman–Crippen LogP) is 4.12. The first kappa shape index (κ1) is 20.1. The molecule has 9 heteroatoms. The topological polar surface area (TPSA) is 77.3 Å². The van der Waals surface area contributed by atoms with Crippen LogP contribution in [0.15, 0.2) is 60.0 Å². The fraction of sp³-hybridized carbons (Fsp3) is 0.130. The van der Waals surface area contributed by atoms with Crippen molar-refractivity contribution >= 4 is 28.9 Å². The van der Waals surface area contributed by atoms with Crippen molar-refractivity contribution in [3.63, 3.8) is 0 Å². The van der Waals surface area contributed by atoms with Crippen LogP contribution in [0.25, 0.3) is 16.4 Å². The van der Waals surface area contributed by atoms with Gasteiger partial charge in [0.2, 0.25) is 5.82 Å². The monoisotopic (exact) mass is 448 g/mol. The predicted molar refractivity (Wildman–Crippen MR) is 118 cm³/mol. The minimum atomic E-state index is -0.419. The molecule has 0 atom stereocenters. The molecule has 1 aliphatic rings. The van der Waals surface area contributed by atoms with E-state index in [1.165, 1.54) is 30.6 Å². The molecule has 0 fully saturated rings. The van der Waals surface area contributed by atoms with Crippen molar-refractivity contribution in [1.82, 2.24) is 14.8 Å². The second-order valence-corrected chi connectivity index (χ2v) is 8.11. The van der Waals surface area contributed by atoms with Gasteiger partial charge in [-0.3, -0.25) is 4.79 Å². The normalized spacial score (nSPS) is 12.6. The number of nitrogens with zero attached hydrogens (tertiary/aromatic N) is 4. The highest BCUT2D eigenvalue weighted by molar-refractivity contribution is 7.13. The first-order chi connectivity index (χ1) is 15.5. The summed E-state index contributed by atoms with van der Waals surface area (Å²) in [7, 11) is 1.33. The van der Waals surface area contributed by atoms with E-state index >= 15 is 0 Å². The second-order valence-electron chi connectivity index (χ2n) is 7.17. The third-order valence-electron chi connectivity index (χ3n) is 5.25. The smallest absolute Gasteiger partial charge is 0.337 e. The molecule has 2 aromatic carbocycles. The summed E-state index contributed by atoms with van der Waals surface area (Å²) in [6.45, 7) is 0.457. The number of hydrogen-bond acceptors (Lipinski definition) is 6. The van der Waals surface area contributed by atoms with Crippen molar-refractivity contribution in [1.29, 1.82) is 0 Å². The van der Waals surface area contributed by atoms with Crippen LogP contribution in [0.5, 0.6) is 0 Å². The number of halogens is 1. The lowest BCUT2D eigenvalue weighted by Gasteiger charge is -2.15. The molecular formula is C23H17FN4O3S. The summed E-state index contributed by atoms with van der Waals surface area (Å²) < 4.78 is 19.8. The van der Waals surface area contributed by atoms with Gasteiger partial charge in [-0.05, 0) is 65.9 Å². The van der Waals surface area contributed by atoms with E-state index in [2.05, 4.69) is 10.1 Å². The van der Waals surface area contributed by atoms with E-state index < -0.39 is 5.97 Å². The van der Waals surface area contributed by atoms with E-state index in [1.54, 1.807) is 39.9 Å². The van der Waals surface area contributed by atoms with Crippen LogP contribution in [0.4, 0.5) is 10.1 Å². The average Bonchev–Trinajstić information content (AvgIpc) is 3.57. The Morgan fingerprint density at radius 1 is 1.12 bits per heavy atom. The third kappa shape index (κ3) is 3.46. The quantitative estimate of drug-likeness (QED) is 0.439. The van der Waals surface area contributed by atoms with Crippen molar-refractivity contribution in [2.45, 2.75) is 6.42 Å². The summed E-state index contributed by atoms with van der Waals surface area (Å²) in [6, 6.07) is 14.8. The van der Waals surface area contributed by atoms with E-state index in [0.29, 0.717) is 30.0 Å². The number of aromatic nitrogens is 3. The van der Waals surface area contributed by atoms with E-state index in [-0.39, 0.29) is 17.5 Å². The van der Waals surface area contributed by atoms with E-state index in [0.717, 1.165) is 16.1 Å². The van der Waals surface area contributed by atoms with Crippen LogP contribution in [0.2, 0.25) is 0 Å². The molecule has 3 heterocycles. The van der Waals surface area contributed by atoms with Crippen LogP contribution >= 0.6 is 11.3 Å². The van der Waals surface area contributed by atoms with Gasteiger partial charge in [-0.15, -0.1) is 16.4 Å². The Morgan fingerprint density at radius 3 is 2.66 bits per heavy atom. The largest absolute Gasteiger partial charge is 0.465 e. The van der Waals surface area contributed by atoms with Crippen molar-refractivity contribution in [2.24, 2.45) is 0 Å². The highest BCUT2D eigenvalue weighted by atomic mass is 32.1. The fourth-order valence-corrected chi connectivity index (χ4v) is 4.41. The third-order valence-corrected chi connectivity index (χ3v) is 6.12.